The number of nitrogens with one attached hydrogen (secondary N) is 1. The Kier molecular flexibility index (Phi) is 7.94. The molecule has 0 aromatic carbocycles. The molecule has 0 amide bonds. The lowest BCUT2D eigenvalue weighted by Crippen LogP contribution is -2.51. The van der Waals surface area contributed by atoms with Gasteiger partial charge in [-0.05, 0) is 19.4 Å². The standard InChI is InChI=1S/C11H20N2O2S.2ClH/c1-3-13-6-4-11(5-7-13)12-9(8-16-11)10(14)15-2;;/h9,12H,3-8H2,1-2H3;2*1H. The van der Waals surface area contributed by atoms with Crippen LogP contribution in [0.2, 0.25) is 0 Å². The van der Waals surface area contributed by atoms with E-state index in [2.05, 4.69) is 17.1 Å². The summed E-state index contributed by atoms with van der Waals surface area (Å²) in [4.78, 5) is 14.0. The van der Waals surface area contributed by atoms with Crippen molar-refractivity contribution in [2.45, 2.75) is 30.7 Å². The normalized spacial score (nSPS) is 26.2. The number of carbonyl (C=O) groups is 1. The monoisotopic (exact) mass is 316 g/mol. The summed E-state index contributed by atoms with van der Waals surface area (Å²) in [5.41, 5.74) is 0. The molecule has 0 aliphatic carbocycles. The Labute approximate surface area is 125 Å². The second kappa shape index (κ2) is 7.80. The van der Waals surface area contributed by atoms with Gasteiger partial charge in [0.2, 0.25) is 0 Å². The van der Waals surface area contributed by atoms with E-state index in [-0.39, 0.29) is 41.7 Å². The fourth-order valence-corrected chi connectivity index (χ4v) is 3.83. The smallest absolute Gasteiger partial charge is 0.323 e. The number of piperidine rings is 1. The third kappa shape index (κ3) is 3.90. The highest BCUT2D eigenvalue weighted by molar-refractivity contribution is 8.01. The van der Waals surface area contributed by atoms with E-state index >= 15 is 0 Å². The number of carbonyl (C=O) groups excluding carboxylic acids is 1. The minimum atomic E-state index is -0.123. The van der Waals surface area contributed by atoms with Crippen LogP contribution >= 0.6 is 36.6 Å². The number of ether oxygens (including phenoxy) is 1. The Balaban J connectivity index is 0.00000144. The zero-order valence-electron chi connectivity index (χ0n) is 10.8. The molecule has 2 aliphatic rings. The molecule has 18 heavy (non-hydrogen) atoms. The van der Waals surface area contributed by atoms with Crippen LogP contribution in [0.1, 0.15) is 19.8 Å². The van der Waals surface area contributed by atoms with Crippen LogP contribution in [-0.4, -0.2) is 54.3 Å². The molecule has 1 N–H and O–H groups in total. The molecular weight excluding hydrogens is 295 g/mol. The number of halogens is 2. The Morgan fingerprint density at radius 2 is 2.06 bits per heavy atom. The highest BCUT2D eigenvalue weighted by Crippen LogP contribution is 2.39. The summed E-state index contributed by atoms with van der Waals surface area (Å²) in [6.07, 6.45) is 2.25. The summed E-state index contributed by atoms with van der Waals surface area (Å²) < 4.78 is 4.79. The van der Waals surface area contributed by atoms with Crippen LogP contribution in [0.3, 0.4) is 0 Å². The van der Waals surface area contributed by atoms with Gasteiger partial charge in [-0.2, -0.15) is 0 Å². The minimum absolute atomic E-state index is 0. The molecule has 0 aromatic rings. The van der Waals surface area contributed by atoms with Gasteiger partial charge in [-0.3, -0.25) is 10.1 Å². The van der Waals surface area contributed by atoms with Crippen molar-refractivity contribution in [3.05, 3.63) is 0 Å². The first-order valence-electron chi connectivity index (χ1n) is 5.91. The summed E-state index contributed by atoms with van der Waals surface area (Å²) in [5, 5.41) is 3.46. The van der Waals surface area contributed by atoms with E-state index in [0.29, 0.717) is 0 Å². The summed E-state index contributed by atoms with van der Waals surface area (Å²) >= 11 is 1.89. The zero-order valence-corrected chi connectivity index (χ0v) is 13.3. The number of thioether (sulfide) groups is 1. The molecule has 0 aromatic heterocycles. The van der Waals surface area contributed by atoms with Crippen LogP contribution in [0.5, 0.6) is 0 Å². The first-order chi connectivity index (χ1) is 7.69. The highest BCUT2D eigenvalue weighted by Gasteiger charge is 2.43. The van der Waals surface area contributed by atoms with Crippen LogP contribution in [0.25, 0.3) is 0 Å². The molecule has 2 aliphatic heterocycles. The maximum Gasteiger partial charge on any atom is 0.323 e. The van der Waals surface area contributed by atoms with Crippen LogP contribution in [-0.2, 0) is 9.53 Å². The number of methoxy groups -OCH3 is 1. The average molecular weight is 317 g/mol. The van der Waals surface area contributed by atoms with Gasteiger partial charge >= 0.3 is 5.97 Å². The van der Waals surface area contributed by atoms with Gasteiger partial charge in [0, 0.05) is 18.8 Å². The van der Waals surface area contributed by atoms with Gasteiger partial charge < -0.3 is 9.64 Å². The van der Waals surface area contributed by atoms with Crippen LogP contribution in [0.4, 0.5) is 0 Å². The van der Waals surface area contributed by atoms with Gasteiger partial charge in [-0.1, -0.05) is 6.92 Å². The van der Waals surface area contributed by atoms with Gasteiger partial charge in [0.15, 0.2) is 0 Å². The first-order valence-corrected chi connectivity index (χ1v) is 6.89. The van der Waals surface area contributed by atoms with E-state index in [1.807, 2.05) is 11.8 Å². The predicted octanol–water partition coefficient (Wildman–Crippen LogP) is 1.52. The average Bonchev–Trinajstić information content (AvgIpc) is 2.73. The number of hydrogen-bond acceptors (Lipinski definition) is 5. The van der Waals surface area contributed by atoms with Gasteiger partial charge in [0.05, 0.1) is 12.0 Å². The van der Waals surface area contributed by atoms with Crippen molar-refractivity contribution in [3.8, 4) is 0 Å². The second-order valence-electron chi connectivity index (χ2n) is 4.46. The zero-order chi connectivity index (χ0) is 11.6. The number of likely N-dealkylation sites (tertiary alicyclic amines) is 1. The van der Waals surface area contributed by atoms with Crippen molar-refractivity contribution in [2.24, 2.45) is 0 Å². The lowest BCUT2D eigenvalue weighted by molar-refractivity contribution is -0.142. The van der Waals surface area contributed by atoms with Crippen molar-refractivity contribution >= 4 is 42.5 Å². The molecule has 7 heteroatoms. The summed E-state index contributed by atoms with van der Waals surface area (Å²) in [7, 11) is 1.46. The molecule has 0 saturated carbocycles. The van der Waals surface area contributed by atoms with Crippen molar-refractivity contribution in [1.29, 1.82) is 0 Å². The van der Waals surface area contributed by atoms with E-state index in [4.69, 9.17) is 4.74 Å². The van der Waals surface area contributed by atoms with E-state index in [1.54, 1.807) is 0 Å². The molecule has 1 atom stereocenters. The topological polar surface area (TPSA) is 41.6 Å². The third-order valence-electron chi connectivity index (χ3n) is 3.56. The van der Waals surface area contributed by atoms with Crippen LogP contribution in [0, 0.1) is 0 Å². The van der Waals surface area contributed by atoms with Gasteiger partial charge in [-0.15, -0.1) is 36.6 Å². The molecule has 1 unspecified atom stereocenters. The quantitative estimate of drug-likeness (QED) is 0.782. The van der Waals surface area contributed by atoms with Crippen LogP contribution < -0.4 is 5.32 Å². The molecule has 1 spiro atoms. The number of hydrogen-bond donors (Lipinski definition) is 1. The molecule has 2 rings (SSSR count). The third-order valence-corrected chi connectivity index (χ3v) is 5.14. The van der Waals surface area contributed by atoms with Gasteiger partial charge in [-0.25, -0.2) is 0 Å². The second-order valence-corrected chi connectivity index (χ2v) is 5.86. The highest BCUT2D eigenvalue weighted by atomic mass is 35.5. The fraction of sp³-hybridized carbons (Fsp3) is 0.909. The first kappa shape index (κ1) is 18.3. The molecule has 0 bridgehead atoms. The Morgan fingerprint density at radius 3 is 2.56 bits per heavy atom. The van der Waals surface area contributed by atoms with E-state index in [9.17, 15) is 4.79 Å². The number of esters is 1. The van der Waals surface area contributed by atoms with E-state index < -0.39 is 0 Å². The molecule has 0 radical (unpaired) electrons. The Hall–Kier alpha value is 0.320. The fourth-order valence-electron chi connectivity index (χ4n) is 2.43. The lowest BCUT2D eigenvalue weighted by atomic mass is 10.0. The molecule has 2 heterocycles. The molecule has 108 valence electrons. The number of rotatable bonds is 2. The van der Waals surface area contributed by atoms with Crippen molar-refractivity contribution in [2.75, 3.05) is 32.5 Å². The Morgan fingerprint density at radius 1 is 1.44 bits per heavy atom. The lowest BCUT2D eigenvalue weighted by Gasteiger charge is -2.38. The van der Waals surface area contributed by atoms with Crippen molar-refractivity contribution in [3.63, 3.8) is 0 Å². The number of nitrogens with zero attached hydrogens (tertiary/aromatic N) is 1. The summed E-state index contributed by atoms with van der Waals surface area (Å²) in [6.45, 7) is 5.58. The van der Waals surface area contributed by atoms with Crippen molar-refractivity contribution < 1.29 is 9.53 Å². The largest absolute Gasteiger partial charge is 0.468 e. The summed E-state index contributed by atoms with van der Waals surface area (Å²) in [5.74, 6) is 0.723. The minimum Gasteiger partial charge on any atom is -0.468 e. The predicted molar refractivity (Wildman–Crippen MR) is 80.0 cm³/mol. The van der Waals surface area contributed by atoms with E-state index in [1.165, 1.54) is 7.11 Å². The SMILES string of the molecule is CCN1CCC2(CC1)NC(C(=O)OC)CS2.Cl.Cl. The summed E-state index contributed by atoms with van der Waals surface area (Å²) in [6, 6.07) is -0.108. The molecular formula is C11H22Cl2N2O2S. The maximum absolute atomic E-state index is 11.5. The Bertz CT molecular complexity index is 274. The van der Waals surface area contributed by atoms with E-state index in [0.717, 1.165) is 38.2 Å². The molecule has 4 nitrogen and oxygen atoms in total. The van der Waals surface area contributed by atoms with Crippen molar-refractivity contribution in [1.82, 2.24) is 10.2 Å². The van der Waals surface area contributed by atoms with Crippen LogP contribution in [0.15, 0.2) is 0 Å². The molecule has 2 saturated heterocycles. The maximum atomic E-state index is 11.5. The molecule has 2 fully saturated rings. The van der Waals surface area contributed by atoms with Gasteiger partial charge in [0.25, 0.3) is 0 Å². The van der Waals surface area contributed by atoms with Gasteiger partial charge in [0.1, 0.15) is 6.04 Å².